The lowest BCUT2D eigenvalue weighted by atomic mass is 10.1. The Balaban J connectivity index is 2.19. The van der Waals surface area contributed by atoms with E-state index in [4.69, 9.17) is 4.74 Å². The molecule has 0 amide bonds. The minimum atomic E-state index is -0.163. The lowest BCUT2D eigenvalue weighted by molar-refractivity contribution is 0.415. The number of aromatic nitrogens is 1. The first-order chi connectivity index (χ1) is 9.67. The largest absolute Gasteiger partial charge is 0.508 e. The quantitative estimate of drug-likeness (QED) is 0.750. The molecule has 0 aliphatic heterocycles. The van der Waals surface area contributed by atoms with Crippen molar-refractivity contribution in [3.05, 3.63) is 58.9 Å². The van der Waals surface area contributed by atoms with E-state index in [2.05, 4.69) is 4.98 Å². The fraction of sp³-hybridized carbons (Fsp3) is 0.0625. The summed E-state index contributed by atoms with van der Waals surface area (Å²) < 4.78 is 5.12. The minimum Gasteiger partial charge on any atom is -0.508 e. The molecule has 1 aromatic heterocycles. The van der Waals surface area contributed by atoms with Crippen LogP contribution in [0.1, 0.15) is 0 Å². The summed E-state index contributed by atoms with van der Waals surface area (Å²) in [6.07, 6.45) is 0. The predicted octanol–water partition coefficient (Wildman–Crippen LogP) is 2.91. The molecule has 0 fully saturated rings. The van der Waals surface area contributed by atoms with Crippen molar-refractivity contribution in [2.24, 2.45) is 0 Å². The maximum absolute atomic E-state index is 12.1. The Morgan fingerprint density at radius 3 is 2.50 bits per heavy atom. The van der Waals surface area contributed by atoms with Crippen molar-refractivity contribution in [3.8, 4) is 22.8 Å². The van der Waals surface area contributed by atoms with Gasteiger partial charge in [0.2, 0.25) is 0 Å². The molecule has 3 rings (SSSR count). The zero-order valence-electron chi connectivity index (χ0n) is 10.9. The topological polar surface area (TPSA) is 62.3 Å². The van der Waals surface area contributed by atoms with Gasteiger partial charge in [-0.25, -0.2) is 0 Å². The van der Waals surface area contributed by atoms with Gasteiger partial charge in [0.15, 0.2) is 0 Å². The molecule has 0 aliphatic carbocycles. The standard InChI is InChI=1S/C16H13NO3/c1-20-13-7-4-11-8-15(17-16(19)14(11)9-13)10-2-5-12(18)6-3-10/h2-9,18H,1H3,(H,17,19). The van der Waals surface area contributed by atoms with E-state index in [1.165, 1.54) is 0 Å². The fourth-order valence-electron chi connectivity index (χ4n) is 2.16. The van der Waals surface area contributed by atoms with Crippen LogP contribution in [0, 0.1) is 0 Å². The zero-order valence-corrected chi connectivity index (χ0v) is 10.9. The van der Waals surface area contributed by atoms with Crippen molar-refractivity contribution in [1.29, 1.82) is 0 Å². The number of hydrogen-bond acceptors (Lipinski definition) is 3. The number of rotatable bonds is 2. The first-order valence-corrected chi connectivity index (χ1v) is 6.18. The molecule has 0 saturated carbocycles. The molecule has 0 saturated heterocycles. The van der Waals surface area contributed by atoms with Gasteiger partial charge in [-0.3, -0.25) is 4.79 Å². The molecule has 2 N–H and O–H groups in total. The van der Waals surface area contributed by atoms with Gasteiger partial charge in [0.1, 0.15) is 11.5 Å². The highest BCUT2D eigenvalue weighted by Gasteiger charge is 2.05. The number of benzene rings is 2. The van der Waals surface area contributed by atoms with Crippen LogP contribution in [0.4, 0.5) is 0 Å². The third-order valence-electron chi connectivity index (χ3n) is 3.23. The number of nitrogens with one attached hydrogen (secondary N) is 1. The van der Waals surface area contributed by atoms with Crippen LogP contribution in [0.25, 0.3) is 22.0 Å². The van der Waals surface area contributed by atoms with E-state index in [9.17, 15) is 9.90 Å². The van der Waals surface area contributed by atoms with Crippen molar-refractivity contribution in [2.45, 2.75) is 0 Å². The molecule has 0 spiro atoms. The second kappa shape index (κ2) is 4.74. The van der Waals surface area contributed by atoms with E-state index >= 15 is 0 Å². The number of phenolic OH excluding ortho intramolecular Hbond substituents is 1. The zero-order chi connectivity index (χ0) is 14.1. The molecule has 4 heteroatoms. The van der Waals surface area contributed by atoms with E-state index in [1.807, 2.05) is 18.2 Å². The molecule has 0 aliphatic rings. The van der Waals surface area contributed by atoms with Gasteiger partial charge in [-0.15, -0.1) is 0 Å². The number of ether oxygens (including phenoxy) is 1. The van der Waals surface area contributed by atoms with Gasteiger partial charge < -0.3 is 14.8 Å². The van der Waals surface area contributed by atoms with Crippen LogP contribution in [0.5, 0.6) is 11.5 Å². The number of hydrogen-bond donors (Lipinski definition) is 2. The van der Waals surface area contributed by atoms with Gasteiger partial charge in [-0.1, -0.05) is 6.07 Å². The second-order valence-electron chi connectivity index (χ2n) is 4.51. The van der Waals surface area contributed by atoms with E-state index in [-0.39, 0.29) is 11.3 Å². The van der Waals surface area contributed by atoms with Crippen LogP contribution in [0.3, 0.4) is 0 Å². The van der Waals surface area contributed by atoms with Crippen molar-refractivity contribution < 1.29 is 9.84 Å². The van der Waals surface area contributed by atoms with E-state index in [0.717, 1.165) is 10.9 Å². The molecule has 1 heterocycles. The van der Waals surface area contributed by atoms with Crippen LogP contribution >= 0.6 is 0 Å². The highest BCUT2D eigenvalue weighted by molar-refractivity contribution is 5.86. The first kappa shape index (κ1) is 12.3. The Kier molecular flexibility index (Phi) is 2.91. The first-order valence-electron chi connectivity index (χ1n) is 6.18. The minimum absolute atomic E-state index is 0.163. The van der Waals surface area contributed by atoms with Crippen molar-refractivity contribution in [2.75, 3.05) is 7.11 Å². The number of aromatic amines is 1. The average molecular weight is 267 g/mol. The highest BCUT2D eigenvalue weighted by Crippen LogP contribution is 2.24. The summed E-state index contributed by atoms with van der Waals surface area (Å²) in [5.41, 5.74) is 1.40. The molecule has 100 valence electrons. The van der Waals surface area contributed by atoms with E-state index in [0.29, 0.717) is 16.8 Å². The van der Waals surface area contributed by atoms with Gasteiger partial charge in [0.05, 0.1) is 12.5 Å². The molecule has 0 radical (unpaired) electrons. The van der Waals surface area contributed by atoms with Crippen LogP contribution in [-0.2, 0) is 0 Å². The van der Waals surface area contributed by atoms with Crippen LogP contribution in [0.15, 0.2) is 53.3 Å². The molecular formula is C16H13NO3. The average Bonchev–Trinajstić information content (AvgIpc) is 2.47. The Bertz CT molecular complexity index is 819. The number of H-pyrrole nitrogens is 1. The Labute approximate surface area is 115 Å². The summed E-state index contributed by atoms with van der Waals surface area (Å²) in [5.74, 6) is 0.849. The summed E-state index contributed by atoms with van der Waals surface area (Å²) in [6.45, 7) is 0. The smallest absolute Gasteiger partial charge is 0.256 e. The highest BCUT2D eigenvalue weighted by atomic mass is 16.5. The molecule has 0 unspecified atom stereocenters. The van der Waals surface area contributed by atoms with Gasteiger partial charge in [0.25, 0.3) is 5.56 Å². The maximum atomic E-state index is 12.1. The van der Waals surface area contributed by atoms with Crippen LogP contribution in [-0.4, -0.2) is 17.2 Å². The van der Waals surface area contributed by atoms with Gasteiger partial charge >= 0.3 is 0 Å². The third kappa shape index (κ3) is 2.12. The predicted molar refractivity (Wildman–Crippen MR) is 78.2 cm³/mol. The van der Waals surface area contributed by atoms with E-state index in [1.54, 1.807) is 37.4 Å². The number of fused-ring (bicyclic) bond motifs is 1. The normalized spacial score (nSPS) is 10.7. The SMILES string of the molecule is COc1ccc2cc(-c3ccc(O)cc3)[nH]c(=O)c2c1. The van der Waals surface area contributed by atoms with Crippen LogP contribution < -0.4 is 10.3 Å². The number of phenols is 1. The number of aromatic hydroxyl groups is 1. The summed E-state index contributed by atoms with van der Waals surface area (Å²) >= 11 is 0. The van der Waals surface area contributed by atoms with Crippen LogP contribution in [0.2, 0.25) is 0 Å². The van der Waals surface area contributed by atoms with Gasteiger partial charge in [0, 0.05) is 5.69 Å². The molecule has 2 aromatic carbocycles. The number of pyridine rings is 1. The van der Waals surface area contributed by atoms with E-state index < -0.39 is 0 Å². The fourth-order valence-corrected chi connectivity index (χ4v) is 2.16. The molecule has 0 bridgehead atoms. The monoisotopic (exact) mass is 267 g/mol. The Morgan fingerprint density at radius 2 is 1.80 bits per heavy atom. The Morgan fingerprint density at radius 1 is 1.05 bits per heavy atom. The summed E-state index contributed by atoms with van der Waals surface area (Å²) in [6, 6.07) is 14.0. The molecule has 3 aromatic rings. The summed E-state index contributed by atoms with van der Waals surface area (Å²) in [5, 5.41) is 10.7. The van der Waals surface area contributed by atoms with Crippen molar-refractivity contribution >= 4 is 10.8 Å². The molecular weight excluding hydrogens is 254 g/mol. The summed E-state index contributed by atoms with van der Waals surface area (Å²) in [7, 11) is 1.57. The lowest BCUT2D eigenvalue weighted by Crippen LogP contribution is -2.07. The van der Waals surface area contributed by atoms with Crippen molar-refractivity contribution in [3.63, 3.8) is 0 Å². The third-order valence-corrected chi connectivity index (χ3v) is 3.23. The van der Waals surface area contributed by atoms with Gasteiger partial charge in [-0.2, -0.15) is 0 Å². The Hall–Kier alpha value is -2.75. The lowest BCUT2D eigenvalue weighted by Gasteiger charge is -2.06. The number of methoxy groups -OCH3 is 1. The molecule has 4 nitrogen and oxygen atoms in total. The summed E-state index contributed by atoms with van der Waals surface area (Å²) in [4.78, 5) is 15.0. The molecule has 20 heavy (non-hydrogen) atoms. The second-order valence-corrected chi connectivity index (χ2v) is 4.51. The van der Waals surface area contributed by atoms with Crippen molar-refractivity contribution in [1.82, 2.24) is 4.98 Å². The maximum Gasteiger partial charge on any atom is 0.256 e. The van der Waals surface area contributed by atoms with Gasteiger partial charge in [-0.05, 0) is 53.4 Å². The molecule has 0 atom stereocenters.